The molecule has 0 aromatic carbocycles. The van der Waals surface area contributed by atoms with E-state index in [9.17, 15) is 0 Å². The van der Waals surface area contributed by atoms with Crippen molar-refractivity contribution in [3.05, 3.63) is 40.1 Å². The number of aromatic nitrogens is 2. The van der Waals surface area contributed by atoms with Gasteiger partial charge in [-0.2, -0.15) is 0 Å². The summed E-state index contributed by atoms with van der Waals surface area (Å²) in [6, 6.07) is 4.17. The fraction of sp³-hybridized carbons (Fsp3) is 0.417. The van der Waals surface area contributed by atoms with Crippen LogP contribution in [0.15, 0.2) is 23.7 Å². The standard InChI is InChI=1S/C12H17N3S/c1-3-12-14-10(8-16-12)7-15-6-4-5-11(15)9(2)13/h4-6,8-9H,3,7,13H2,1-2H3. The Labute approximate surface area is 99.9 Å². The summed E-state index contributed by atoms with van der Waals surface area (Å²) in [5.74, 6) is 0. The van der Waals surface area contributed by atoms with E-state index in [-0.39, 0.29) is 6.04 Å². The topological polar surface area (TPSA) is 43.8 Å². The molecule has 0 aliphatic carbocycles. The summed E-state index contributed by atoms with van der Waals surface area (Å²) in [7, 11) is 0. The highest BCUT2D eigenvalue weighted by molar-refractivity contribution is 7.09. The number of nitrogens with zero attached hydrogens (tertiary/aromatic N) is 2. The molecule has 0 fully saturated rings. The first-order chi connectivity index (χ1) is 7.70. The fourth-order valence-electron chi connectivity index (χ4n) is 1.74. The largest absolute Gasteiger partial charge is 0.344 e. The maximum atomic E-state index is 5.91. The quantitative estimate of drug-likeness (QED) is 0.885. The van der Waals surface area contributed by atoms with Gasteiger partial charge in [0.05, 0.1) is 17.2 Å². The second-order valence-electron chi connectivity index (χ2n) is 3.94. The van der Waals surface area contributed by atoms with Crippen LogP contribution in [0.1, 0.15) is 36.3 Å². The first-order valence-electron chi connectivity index (χ1n) is 5.54. The monoisotopic (exact) mass is 235 g/mol. The van der Waals surface area contributed by atoms with Crippen LogP contribution in [0.25, 0.3) is 0 Å². The molecule has 86 valence electrons. The second-order valence-corrected chi connectivity index (χ2v) is 4.88. The van der Waals surface area contributed by atoms with E-state index in [1.807, 2.05) is 13.0 Å². The minimum absolute atomic E-state index is 0.0688. The van der Waals surface area contributed by atoms with Gasteiger partial charge in [0.25, 0.3) is 0 Å². The van der Waals surface area contributed by atoms with Crippen molar-refractivity contribution in [2.45, 2.75) is 32.9 Å². The zero-order chi connectivity index (χ0) is 11.5. The van der Waals surface area contributed by atoms with Gasteiger partial charge in [-0.25, -0.2) is 4.98 Å². The highest BCUT2D eigenvalue weighted by Gasteiger charge is 2.07. The van der Waals surface area contributed by atoms with E-state index in [0.29, 0.717) is 0 Å². The molecule has 0 aliphatic heterocycles. The lowest BCUT2D eigenvalue weighted by molar-refractivity contribution is 0.668. The van der Waals surface area contributed by atoms with Gasteiger partial charge in [0.1, 0.15) is 0 Å². The molecule has 0 saturated heterocycles. The maximum absolute atomic E-state index is 5.91. The van der Waals surface area contributed by atoms with E-state index in [1.54, 1.807) is 11.3 Å². The highest BCUT2D eigenvalue weighted by Crippen LogP contribution is 2.15. The molecule has 2 N–H and O–H groups in total. The van der Waals surface area contributed by atoms with Gasteiger partial charge in [-0.1, -0.05) is 6.92 Å². The van der Waals surface area contributed by atoms with Crippen molar-refractivity contribution in [3.63, 3.8) is 0 Å². The molecule has 1 unspecified atom stereocenters. The van der Waals surface area contributed by atoms with Gasteiger partial charge in [-0.3, -0.25) is 0 Å². The molecule has 0 saturated carbocycles. The Kier molecular flexibility index (Phi) is 3.41. The number of aryl methyl sites for hydroxylation is 1. The number of nitrogens with two attached hydrogens (primary N) is 1. The number of hydrogen-bond donors (Lipinski definition) is 1. The lowest BCUT2D eigenvalue weighted by atomic mass is 10.2. The Morgan fingerprint density at radius 3 is 3.00 bits per heavy atom. The van der Waals surface area contributed by atoms with Crippen LogP contribution < -0.4 is 5.73 Å². The first-order valence-corrected chi connectivity index (χ1v) is 6.42. The van der Waals surface area contributed by atoms with Crippen molar-refractivity contribution in [2.24, 2.45) is 5.73 Å². The zero-order valence-electron chi connectivity index (χ0n) is 9.68. The summed E-state index contributed by atoms with van der Waals surface area (Å²) in [5, 5.41) is 3.33. The molecule has 2 heterocycles. The predicted molar refractivity (Wildman–Crippen MR) is 67.6 cm³/mol. The third-order valence-corrected chi connectivity index (χ3v) is 3.61. The van der Waals surface area contributed by atoms with Crippen molar-refractivity contribution >= 4 is 11.3 Å². The zero-order valence-corrected chi connectivity index (χ0v) is 10.5. The molecule has 0 spiro atoms. The lowest BCUT2D eigenvalue weighted by Crippen LogP contribution is -2.12. The van der Waals surface area contributed by atoms with Crippen LogP contribution in [0, 0.1) is 0 Å². The van der Waals surface area contributed by atoms with Crippen LogP contribution in [0.4, 0.5) is 0 Å². The normalized spacial score (nSPS) is 12.9. The lowest BCUT2D eigenvalue weighted by Gasteiger charge is -2.10. The Balaban J connectivity index is 2.17. The molecule has 2 aromatic rings. The molecule has 1 atom stereocenters. The van der Waals surface area contributed by atoms with Crippen molar-refractivity contribution in [1.82, 2.24) is 9.55 Å². The van der Waals surface area contributed by atoms with Crippen LogP contribution in [0.3, 0.4) is 0 Å². The van der Waals surface area contributed by atoms with E-state index in [4.69, 9.17) is 5.73 Å². The van der Waals surface area contributed by atoms with Crippen molar-refractivity contribution in [1.29, 1.82) is 0 Å². The van der Waals surface area contributed by atoms with Crippen LogP contribution in [0.2, 0.25) is 0 Å². The van der Waals surface area contributed by atoms with E-state index in [1.165, 1.54) is 5.01 Å². The van der Waals surface area contributed by atoms with Crippen molar-refractivity contribution in [2.75, 3.05) is 0 Å². The minimum atomic E-state index is 0.0688. The Hall–Kier alpha value is -1.13. The molecule has 16 heavy (non-hydrogen) atoms. The van der Waals surface area contributed by atoms with Crippen LogP contribution in [-0.2, 0) is 13.0 Å². The highest BCUT2D eigenvalue weighted by atomic mass is 32.1. The SMILES string of the molecule is CCc1nc(Cn2cccc2C(C)N)cs1. The molecule has 0 amide bonds. The molecular formula is C12H17N3S. The van der Waals surface area contributed by atoms with E-state index >= 15 is 0 Å². The summed E-state index contributed by atoms with van der Waals surface area (Å²) >= 11 is 1.73. The van der Waals surface area contributed by atoms with Gasteiger partial charge in [0, 0.05) is 23.3 Å². The summed E-state index contributed by atoms with van der Waals surface area (Å²) < 4.78 is 2.17. The summed E-state index contributed by atoms with van der Waals surface area (Å²) in [6.45, 7) is 4.95. The maximum Gasteiger partial charge on any atom is 0.0926 e. The number of hydrogen-bond acceptors (Lipinski definition) is 3. The summed E-state index contributed by atoms with van der Waals surface area (Å²) in [5.41, 5.74) is 8.19. The molecule has 0 aliphatic rings. The van der Waals surface area contributed by atoms with Crippen LogP contribution in [0.5, 0.6) is 0 Å². The molecule has 0 bridgehead atoms. The van der Waals surface area contributed by atoms with Gasteiger partial charge in [-0.05, 0) is 25.5 Å². The van der Waals surface area contributed by atoms with Gasteiger partial charge in [-0.15, -0.1) is 11.3 Å². The van der Waals surface area contributed by atoms with Gasteiger partial charge in [0.15, 0.2) is 0 Å². The van der Waals surface area contributed by atoms with Gasteiger partial charge < -0.3 is 10.3 Å². The Bertz CT molecular complexity index is 456. The van der Waals surface area contributed by atoms with Gasteiger partial charge >= 0.3 is 0 Å². The molecule has 0 radical (unpaired) electrons. The Morgan fingerprint density at radius 1 is 1.56 bits per heavy atom. The van der Waals surface area contributed by atoms with Crippen LogP contribution in [-0.4, -0.2) is 9.55 Å². The van der Waals surface area contributed by atoms with Crippen molar-refractivity contribution < 1.29 is 0 Å². The van der Waals surface area contributed by atoms with Gasteiger partial charge in [0.2, 0.25) is 0 Å². The van der Waals surface area contributed by atoms with Crippen molar-refractivity contribution in [3.8, 4) is 0 Å². The fourth-order valence-corrected chi connectivity index (χ4v) is 2.48. The van der Waals surface area contributed by atoms with E-state index < -0.39 is 0 Å². The predicted octanol–water partition coefficient (Wildman–Crippen LogP) is 2.58. The number of thiazole rings is 1. The Morgan fingerprint density at radius 2 is 2.38 bits per heavy atom. The third kappa shape index (κ3) is 2.33. The van der Waals surface area contributed by atoms with Crippen LogP contribution >= 0.6 is 11.3 Å². The average Bonchev–Trinajstić information content (AvgIpc) is 2.87. The molecule has 4 heteroatoms. The molecule has 3 nitrogen and oxygen atoms in total. The minimum Gasteiger partial charge on any atom is -0.344 e. The number of rotatable bonds is 4. The molecule has 2 aromatic heterocycles. The average molecular weight is 235 g/mol. The third-order valence-electron chi connectivity index (χ3n) is 2.57. The second kappa shape index (κ2) is 4.80. The summed E-state index contributed by atoms with van der Waals surface area (Å²) in [6.07, 6.45) is 3.07. The first kappa shape index (κ1) is 11.4. The molecular weight excluding hydrogens is 218 g/mol. The molecule has 2 rings (SSSR count). The summed E-state index contributed by atoms with van der Waals surface area (Å²) in [4.78, 5) is 4.56. The smallest absolute Gasteiger partial charge is 0.0926 e. The van der Waals surface area contributed by atoms with E-state index in [0.717, 1.165) is 24.4 Å². The van der Waals surface area contributed by atoms with E-state index in [2.05, 4.69) is 34.1 Å².